The van der Waals surface area contributed by atoms with Crippen LogP contribution < -0.4 is 38.0 Å². The Bertz CT molecular complexity index is 912. The molecule has 4 aromatic carbocycles. The third kappa shape index (κ3) is 4.79. The van der Waals surface area contributed by atoms with Crippen LogP contribution >= 0.6 is 19.0 Å². The van der Waals surface area contributed by atoms with E-state index in [4.69, 9.17) is 11.6 Å². The molecule has 0 atom stereocenters. The van der Waals surface area contributed by atoms with Gasteiger partial charge >= 0.3 is 0 Å². The SMILES string of the molecule is Clc1ccc(CN[P+](c2ccccc2)(c2ccccc2)c2ccccc2)cc1.[Br-]. The number of benzene rings is 4. The summed E-state index contributed by atoms with van der Waals surface area (Å²) in [6, 6.07) is 40.5. The Morgan fingerprint density at radius 3 is 1.31 bits per heavy atom. The highest BCUT2D eigenvalue weighted by molar-refractivity contribution is 7.94. The first-order valence-corrected chi connectivity index (χ1v) is 11.5. The van der Waals surface area contributed by atoms with Gasteiger partial charge in [-0.05, 0) is 54.1 Å². The Labute approximate surface area is 188 Å². The van der Waals surface area contributed by atoms with E-state index in [1.54, 1.807) is 0 Å². The van der Waals surface area contributed by atoms with Gasteiger partial charge in [-0.25, -0.2) is 0 Å². The van der Waals surface area contributed by atoms with Gasteiger partial charge in [-0.1, -0.05) is 78.3 Å². The molecule has 1 nitrogen and oxygen atoms in total. The molecule has 146 valence electrons. The van der Waals surface area contributed by atoms with Crippen molar-refractivity contribution in [3.8, 4) is 0 Å². The highest BCUT2D eigenvalue weighted by Gasteiger charge is 2.45. The van der Waals surface area contributed by atoms with Crippen LogP contribution in [0.1, 0.15) is 5.56 Å². The Kier molecular flexibility index (Phi) is 7.64. The van der Waals surface area contributed by atoms with E-state index in [-0.39, 0.29) is 17.0 Å². The van der Waals surface area contributed by atoms with Crippen molar-refractivity contribution in [2.45, 2.75) is 6.54 Å². The second kappa shape index (κ2) is 10.2. The number of hydrogen-bond acceptors (Lipinski definition) is 1. The number of rotatable bonds is 6. The van der Waals surface area contributed by atoms with Gasteiger partial charge < -0.3 is 17.0 Å². The molecule has 0 heterocycles. The highest BCUT2D eigenvalue weighted by atomic mass is 79.9. The van der Waals surface area contributed by atoms with Gasteiger partial charge in [0.05, 0.1) is 6.54 Å². The maximum Gasteiger partial charge on any atom is 0.178 e. The summed E-state index contributed by atoms with van der Waals surface area (Å²) in [7, 11) is -2.01. The van der Waals surface area contributed by atoms with Crippen LogP contribution in [0.5, 0.6) is 0 Å². The van der Waals surface area contributed by atoms with E-state index in [1.165, 1.54) is 21.5 Å². The molecule has 0 bridgehead atoms. The van der Waals surface area contributed by atoms with E-state index in [0.29, 0.717) is 0 Å². The summed E-state index contributed by atoms with van der Waals surface area (Å²) in [5, 5.41) is 8.71. The third-order valence-corrected chi connectivity index (χ3v) is 8.97. The molecule has 0 unspecified atom stereocenters. The lowest BCUT2D eigenvalue weighted by Gasteiger charge is -2.28. The van der Waals surface area contributed by atoms with Crippen LogP contribution in [-0.2, 0) is 6.54 Å². The van der Waals surface area contributed by atoms with Crippen molar-refractivity contribution in [1.82, 2.24) is 5.09 Å². The Balaban J connectivity index is 0.00000240. The Morgan fingerprint density at radius 1 is 0.552 bits per heavy atom. The Morgan fingerprint density at radius 2 is 0.931 bits per heavy atom. The zero-order valence-electron chi connectivity index (χ0n) is 15.9. The minimum Gasteiger partial charge on any atom is -1.00 e. The van der Waals surface area contributed by atoms with Crippen molar-refractivity contribution in [1.29, 1.82) is 0 Å². The molecular weight excluding hydrogens is 461 g/mol. The van der Waals surface area contributed by atoms with Gasteiger partial charge in [0.1, 0.15) is 15.9 Å². The zero-order valence-corrected chi connectivity index (χ0v) is 19.1. The molecule has 29 heavy (non-hydrogen) atoms. The molecule has 0 fully saturated rings. The maximum absolute atomic E-state index is 6.08. The molecule has 4 aromatic rings. The fraction of sp³-hybridized carbons (Fsp3) is 0.0400. The first-order valence-electron chi connectivity index (χ1n) is 9.34. The standard InChI is InChI=1S/C25H22ClNP.BrH/c26-22-18-16-21(17-19-22)20-27-28(23-10-4-1-5-11-23,24-12-6-2-7-13-24)25-14-8-3-9-15-25;/h1-19,27H,20H2;1H/q+1;/p-1. The fourth-order valence-corrected chi connectivity index (χ4v) is 7.33. The lowest BCUT2D eigenvalue weighted by molar-refractivity contribution is -0.00000536. The molecule has 4 heteroatoms. The second-order valence-corrected chi connectivity index (χ2v) is 10.3. The molecule has 0 saturated carbocycles. The molecule has 0 spiro atoms. The summed E-state index contributed by atoms with van der Waals surface area (Å²) in [6.07, 6.45) is 0. The average molecular weight is 483 g/mol. The monoisotopic (exact) mass is 481 g/mol. The summed E-state index contributed by atoms with van der Waals surface area (Å²) in [5.41, 5.74) is 1.22. The number of halogens is 2. The first kappa shape index (κ1) is 21.7. The van der Waals surface area contributed by atoms with Gasteiger partial charge in [-0.2, -0.15) is 5.09 Å². The van der Waals surface area contributed by atoms with Crippen LogP contribution in [-0.4, -0.2) is 0 Å². The van der Waals surface area contributed by atoms with E-state index in [9.17, 15) is 0 Å². The third-order valence-electron chi connectivity index (χ3n) is 4.86. The van der Waals surface area contributed by atoms with Crippen molar-refractivity contribution >= 4 is 34.9 Å². The van der Waals surface area contributed by atoms with Crippen LogP contribution in [0.3, 0.4) is 0 Å². The molecule has 0 aromatic heterocycles. The summed E-state index contributed by atoms with van der Waals surface area (Å²) < 4.78 is 0. The number of nitrogens with one attached hydrogen (secondary N) is 1. The normalized spacial score (nSPS) is 10.9. The molecule has 0 radical (unpaired) electrons. The van der Waals surface area contributed by atoms with Crippen LogP contribution in [0, 0.1) is 0 Å². The van der Waals surface area contributed by atoms with Crippen molar-refractivity contribution < 1.29 is 17.0 Å². The topological polar surface area (TPSA) is 12.0 Å². The molecule has 1 N–H and O–H groups in total. The van der Waals surface area contributed by atoms with E-state index in [0.717, 1.165) is 11.6 Å². The molecule has 4 rings (SSSR count). The lowest BCUT2D eigenvalue weighted by Crippen LogP contribution is -3.00. The largest absolute Gasteiger partial charge is 1.00 e. The smallest absolute Gasteiger partial charge is 0.178 e. The molecule has 0 aliphatic rings. The maximum atomic E-state index is 6.08. The van der Waals surface area contributed by atoms with Crippen molar-refractivity contribution in [2.75, 3.05) is 0 Å². The van der Waals surface area contributed by atoms with E-state index in [1.807, 2.05) is 12.1 Å². The molecule has 0 amide bonds. The van der Waals surface area contributed by atoms with Gasteiger partial charge in [0.15, 0.2) is 7.41 Å². The summed E-state index contributed by atoms with van der Waals surface area (Å²) in [5.74, 6) is 0. The van der Waals surface area contributed by atoms with Gasteiger partial charge in [-0.15, -0.1) is 0 Å². The van der Waals surface area contributed by atoms with Crippen molar-refractivity contribution in [3.05, 3.63) is 126 Å². The van der Waals surface area contributed by atoms with Gasteiger partial charge in [-0.3, -0.25) is 0 Å². The highest BCUT2D eigenvalue weighted by Crippen LogP contribution is 2.51. The lowest BCUT2D eigenvalue weighted by atomic mass is 10.2. The van der Waals surface area contributed by atoms with Gasteiger partial charge in [0.25, 0.3) is 0 Å². The zero-order chi connectivity index (χ0) is 19.2. The van der Waals surface area contributed by atoms with Crippen molar-refractivity contribution in [2.24, 2.45) is 0 Å². The molecule has 0 aliphatic heterocycles. The van der Waals surface area contributed by atoms with E-state index in [2.05, 4.69) is 108 Å². The van der Waals surface area contributed by atoms with Gasteiger partial charge in [0.2, 0.25) is 0 Å². The first-order chi connectivity index (χ1) is 13.8. The molecule has 0 saturated heterocycles. The average Bonchev–Trinajstić information content (AvgIpc) is 2.78. The predicted octanol–water partition coefficient (Wildman–Crippen LogP) is 2.34. The second-order valence-electron chi connectivity index (χ2n) is 6.64. The van der Waals surface area contributed by atoms with Crippen LogP contribution in [0.2, 0.25) is 5.02 Å². The number of hydrogen-bond donors (Lipinski definition) is 1. The Hall–Kier alpha value is -1.96. The fourth-order valence-electron chi connectivity index (χ4n) is 3.49. The van der Waals surface area contributed by atoms with Crippen LogP contribution in [0.4, 0.5) is 0 Å². The summed E-state index contributed by atoms with van der Waals surface area (Å²) in [6.45, 7) is 0.767. The molecule has 0 aliphatic carbocycles. The van der Waals surface area contributed by atoms with Gasteiger partial charge in [0, 0.05) is 5.02 Å². The van der Waals surface area contributed by atoms with E-state index >= 15 is 0 Å². The molecular formula is C25H22BrClNP. The summed E-state index contributed by atoms with van der Waals surface area (Å²) >= 11 is 6.08. The quantitative estimate of drug-likeness (QED) is 0.416. The van der Waals surface area contributed by atoms with Crippen LogP contribution in [0.25, 0.3) is 0 Å². The minimum absolute atomic E-state index is 0. The van der Waals surface area contributed by atoms with Crippen molar-refractivity contribution in [3.63, 3.8) is 0 Å². The summed E-state index contributed by atoms with van der Waals surface area (Å²) in [4.78, 5) is 0. The predicted molar refractivity (Wildman–Crippen MR) is 123 cm³/mol. The van der Waals surface area contributed by atoms with E-state index < -0.39 is 7.41 Å². The minimum atomic E-state index is -2.01. The van der Waals surface area contributed by atoms with Crippen LogP contribution in [0.15, 0.2) is 115 Å².